The fraction of sp³-hybridized carbons (Fsp3) is 0.391. The van der Waals surface area contributed by atoms with Crippen LogP contribution in [0.3, 0.4) is 0 Å². The molecule has 0 bridgehead atoms. The standard InChI is InChI=1S/C23H28ClN3O2/c1-16-7-4-5-8-19(16)15-22(28)27-13-11-26(12-14-27)18(3)23(29)25-21-10-6-9-20(24)17(21)2/h4-10,18H,11-15H2,1-3H3,(H,25,29). The lowest BCUT2D eigenvalue weighted by molar-refractivity contribution is -0.133. The number of halogens is 1. The molecule has 2 aromatic carbocycles. The Morgan fingerprint density at radius 2 is 1.72 bits per heavy atom. The molecule has 154 valence electrons. The zero-order valence-electron chi connectivity index (χ0n) is 17.2. The molecule has 1 unspecified atom stereocenters. The van der Waals surface area contributed by atoms with Gasteiger partial charge in [0, 0.05) is 36.9 Å². The van der Waals surface area contributed by atoms with Gasteiger partial charge in [-0.05, 0) is 49.6 Å². The number of amides is 2. The lowest BCUT2D eigenvalue weighted by Crippen LogP contribution is -2.54. The molecular weight excluding hydrogens is 386 g/mol. The van der Waals surface area contributed by atoms with Gasteiger partial charge < -0.3 is 10.2 Å². The van der Waals surface area contributed by atoms with E-state index in [1.807, 2.05) is 68.1 Å². The third kappa shape index (κ3) is 5.17. The van der Waals surface area contributed by atoms with Crippen LogP contribution in [0.5, 0.6) is 0 Å². The van der Waals surface area contributed by atoms with E-state index in [1.165, 1.54) is 0 Å². The summed E-state index contributed by atoms with van der Waals surface area (Å²) in [6.07, 6.45) is 0.427. The highest BCUT2D eigenvalue weighted by Crippen LogP contribution is 2.23. The van der Waals surface area contributed by atoms with E-state index in [-0.39, 0.29) is 17.9 Å². The average Bonchev–Trinajstić information content (AvgIpc) is 2.72. The van der Waals surface area contributed by atoms with Gasteiger partial charge >= 0.3 is 0 Å². The number of hydrogen-bond acceptors (Lipinski definition) is 3. The molecule has 2 aromatic rings. The van der Waals surface area contributed by atoms with Gasteiger partial charge in [0.2, 0.25) is 11.8 Å². The Hall–Kier alpha value is -2.37. The summed E-state index contributed by atoms with van der Waals surface area (Å²) in [6, 6.07) is 13.2. The third-order valence-corrected chi connectivity index (χ3v) is 6.13. The first-order valence-electron chi connectivity index (χ1n) is 9.99. The van der Waals surface area contributed by atoms with Crippen molar-refractivity contribution in [3.05, 3.63) is 64.2 Å². The average molecular weight is 414 g/mol. The van der Waals surface area contributed by atoms with Crippen LogP contribution in [0.2, 0.25) is 5.02 Å². The molecule has 1 aliphatic heterocycles. The van der Waals surface area contributed by atoms with E-state index in [4.69, 9.17) is 11.6 Å². The predicted octanol–water partition coefficient (Wildman–Crippen LogP) is 3.67. The summed E-state index contributed by atoms with van der Waals surface area (Å²) in [4.78, 5) is 29.4. The number of piperazine rings is 1. The monoisotopic (exact) mass is 413 g/mol. The summed E-state index contributed by atoms with van der Waals surface area (Å²) >= 11 is 6.14. The second-order valence-corrected chi connectivity index (χ2v) is 8.00. The van der Waals surface area contributed by atoms with Crippen molar-refractivity contribution in [1.29, 1.82) is 0 Å². The van der Waals surface area contributed by atoms with Crippen molar-refractivity contribution in [2.24, 2.45) is 0 Å². The number of rotatable bonds is 5. The highest BCUT2D eigenvalue weighted by Gasteiger charge is 2.27. The van der Waals surface area contributed by atoms with E-state index in [2.05, 4.69) is 10.2 Å². The lowest BCUT2D eigenvalue weighted by atomic mass is 10.0. The first kappa shape index (κ1) is 21.3. The minimum absolute atomic E-state index is 0.0601. The van der Waals surface area contributed by atoms with Crippen LogP contribution in [0, 0.1) is 13.8 Å². The Morgan fingerprint density at radius 3 is 2.41 bits per heavy atom. The minimum Gasteiger partial charge on any atom is -0.340 e. The number of benzene rings is 2. The fourth-order valence-corrected chi connectivity index (χ4v) is 3.76. The van der Waals surface area contributed by atoms with Gasteiger partial charge in [-0.1, -0.05) is 41.9 Å². The van der Waals surface area contributed by atoms with Gasteiger partial charge in [-0.25, -0.2) is 0 Å². The highest BCUT2D eigenvalue weighted by molar-refractivity contribution is 6.31. The van der Waals surface area contributed by atoms with Crippen LogP contribution in [0.25, 0.3) is 0 Å². The third-order valence-electron chi connectivity index (χ3n) is 5.72. The molecule has 1 fully saturated rings. The molecule has 0 spiro atoms. The molecule has 29 heavy (non-hydrogen) atoms. The summed E-state index contributed by atoms with van der Waals surface area (Å²) < 4.78 is 0. The first-order valence-corrected chi connectivity index (χ1v) is 10.4. The van der Waals surface area contributed by atoms with Crippen molar-refractivity contribution in [3.8, 4) is 0 Å². The van der Waals surface area contributed by atoms with Crippen LogP contribution in [0.15, 0.2) is 42.5 Å². The first-order chi connectivity index (χ1) is 13.9. The highest BCUT2D eigenvalue weighted by atomic mass is 35.5. The maximum Gasteiger partial charge on any atom is 0.241 e. The summed E-state index contributed by atoms with van der Waals surface area (Å²) in [5.41, 5.74) is 3.81. The van der Waals surface area contributed by atoms with Crippen LogP contribution in [-0.4, -0.2) is 53.8 Å². The smallest absolute Gasteiger partial charge is 0.241 e. The number of nitrogens with zero attached hydrogens (tertiary/aromatic N) is 2. The largest absolute Gasteiger partial charge is 0.340 e. The number of nitrogens with one attached hydrogen (secondary N) is 1. The molecule has 5 nitrogen and oxygen atoms in total. The van der Waals surface area contributed by atoms with Gasteiger partial charge in [0.15, 0.2) is 0 Å². The maximum atomic E-state index is 12.7. The van der Waals surface area contributed by atoms with E-state index in [1.54, 1.807) is 0 Å². The summed E-state index contributed by atoms with van der Waals surface area (Å²) in [5.74, 6) is 0.0839. The molecule has 1 heterocycles. The van der Waals surface area contributed by atoms with E-state index in [0.29, 0.717) is 37.6 Å². The molecule has 3 rings (SSSR count). The van der Waals surface area contributed by atoms with E-state index in [0.717, 1.165) is 22.4 Å². The van der Waals surface area contributed by atoms with Gasteiger partial charge in [0.05, 0.1) is 12.5 Å². The second kappa shape index (κ2) is 9.42. The van der Waals surface area contributed by atoms with E-state index >= 15 is 0 Å². The zero-order chi connectivity index (χ0) is 21.0. The molecule has 0 aromatic heterocycles. The molecule has 0 radical (unpaired) electrons. The Kier molecular flexibility index (Phi) is 6.93. The molecule has 1 aliphatic rings. The molecule has 1 saturated heterocycles. The van der Waals surface area contributed by atoms with Crippen molar-refractivity contribution in [2.75, 3.05) is 31.5 Å². The van der Waals surface area contributed by atoms with Crippen LogP contribution >= 0.6 is 11.6 Å². The number of carbonyl (C=O) groups excluding carboxylic acids is 2. The predicted molar refractivity (Wildman–Crippen MR) is 117 cm³/mol. The molecule has 2 amide bonds. The molecule has 0 aliphatic carbocycles. The quantitative estimate of drug-likeness (QED) is 0.813. The van der Waals surface area contributed by atoms with Crippen molar-refractivity contribution in [3.63, 3.8) is 0 Å². The van der Waals surface area contributed by atoms with Crippen molar-refractivity contribution in [2.45, 2.75) is 33.2 Å². The topological polar surface area (TPSA) is 52.7 Å². The van der Waals surface area contributed by atoms with Crippen LogP contribution in [-0.2, 0) is 16.0 Å². The van der Waals surface area contributed by atoms with Crippen molar-refractivity contribution < 1.29 is 9.59 Å². The number of carbonyl (C=O) groups is 2. The van der Waals surface area contributed by atoms with Gasteiger partial charge in [0.1, 0.15) is 0 Å². The Bertz CT molecular complexity index is 891. The maximum absolute atomic E-state index is 12.7. The van der Waals surface area contributed by atoms with Crippen LogP contribution in [0.1, 0.15) is 23.6 Å². The summed E-state index contributed by atoms with van der Waals surface area (Å²) in [5, 5.41) is 3.61. The SMILES string of the molecule is Cc1ccccc1CC(=O)N1CCN(C(C)C(=O)Nc2cccc(Cl)c2C)CC1. The van der Waals surface area contributed by atoms with E-state index < -0.39 is 0 Å². The number of anilines is 1. The van der Waals surface area contributed by atoms with Gasteiger partial charge in [-0.2, -0.15) is 0 Å². The van der Waals surface area contributed by atoms with Crippen LogP contribution in [0.4, 0.5) is 5.69 Å². The van der Waals surface area contributed by atoms with Gasteiger partial charge in [-0.15, -0.1) is 0 Å². The van der Waals surface area contributed by atoms with Gasteiger partial charge in [-0.3, -0.25) is 14.5 Å². The molecule has 1 N–H and O–H groups in total. The van der Waals surface area contributed by atoms with Crippen molar-refractivity contribution >= 4 is 29.1 Å². The lowest BCUT2D eigenvalue weighted by Gasteiger charge is -2.37. The second-order valence-electron chi connectivity index (χ2n) is 7.60. The number of aryl methyl sites for hydroxylation is 1. The molecule has 1 atom stereocenters. The Labute approximate surface area is 177 Å². The molecule has 6 heteroatoms. The Morgan fingerprint density at radius 1 is 1.03 bits per heavy atom. The van der Waals surface area contributed by atoms with Crippen molar-refractivity contribution in [1.82, 2.24) is 9.80 Å². The number of hydrogen-bond donors (Lipinski definition) is 1. The summed E-state index contributed by atoms with van der Waals surface area (Å²) in [7, 11) is 0. The molecular formula is C23H28ClN3O2. The van der Waals surface area contributed by atoms with E-state index in [9.17, 15) is 9.59 Å². The minimum atomic E-state index is -0.276. The molecule has 0 saturated carbocycles. The normalized spacial score (nSPS) is 15.8. The summed E-state index contributed by atoms with van der Waals surface area (Å²) in [6.45, 7) is 8.46. The fourth-order valence-electron chi connectivity index (χ4n) is 3.59. The van der Waals surface area contributed by atoms with Gasteiger partial charge in [0.25, 0.3) is 0 Å². The Balaban J connectivity index is 1.53. The van der Waals surface area contributed by atoms with Crippen LogP contribution < -0.4 is 5.32 Å². The zero-order valence-corrected chi connectivity index (χ0v) is 18.0.